The molecule has 1 saturated heterocycles. The van der Waals surface area contributed by atoms with Crippen molar-refractivity contribution >= 4 is 5.97 Å². The minimum atomic E-state index is -0.0588. The summed E-state index contributed by atoms with van der Waals surface area (Å²) in [5.74, 6) is 0.518. The molecule has 20 heavy (non-hydrogen) atoms. The van der Waals surface area contributed by atoms with Gasteiger partial charge in [-0.1, -0.05) is 30.3 Å². The van der Waals surface area contributed by atoms with Crippen LogP contribution < -0.4 is 5.32 Å². The van der Waals surface area contributed by atoms with Crippen molar-refractivity contribution in [3.05, 3.63) is 35.9 Å². The third-order valence-corrected chi connectivity index (χ3v) is 4.05. The zero-order valence-corrected chi connectivity index (χ0v) is 12.3. The molecule has 2 rings (SSSR count). The molecule has 0 bridgehead atoms. The number of carbonyl (C=O) groups excluding carboxylic acids is 1. The molecule has 1 aliphatic rings. The molecule has 0 aromatic heterocycles. The molecule has 0 spiro atoms. The molecule has 3 nitrogen and oxygen atoms in total. The van der Waals surface area contributed by atoms with E-state index in [0.717, 1.165) is 19.4 Å². The Morgan fingerprint density at radius 3 is 2.90 bits per heavy atom. The van der Waals surface area contributed by atoms with Gasteiger partial charge in [-0.3, -0.25) is 4.79 Å². The van der Waals surface area contributed by atoms with E-state index in [1.165, 1.54) is 18.4 Å². The fraction of sp³-hybridized carbons (Fsp3) is 0.588. The fourth-order valence-corrected chi connectivity index (χ4v) is 3.01. The Morgan fingerprint density at radius 2 is 2.15 bits per heavy atom. The van der Waals surface area contributed by atoms with Crippen LogP contribution in [0.15, 0.2) is 30.3 Å². The summed E-state index contributed by atoms with van der Waals surface area (Å²) in [6, 6.07) is 11.1. The lowest BCUT2D eigenvalue weighted by molar-refractivity contribution is -0.143. The van der Waals surface area contributed by atoms with Gasteiger partial charge in [-0.2, -0.15) is 0 Å². The van der Waals surface area contributed by atoms with E-state index < -0.39 is 0 Å². The number of piperidine rings is 1. The highest BCUT2D eigenvalue weighted by Crippen LogP contribution is 2.24. The molecule has 2 unspecified atom stereocenters. The van der Waals surface area contributed by atoms with E-state index in [1.54, 1.807) is 0 Å². The largest absolute Gasteiger partial charge is 0.466 e. The molecule has 0 saturated carbocycles. The third-order valence-electron chi connectivity index (χ3n) is 4.05. The zero-order valence-electron chi connectivity index (χ0n) is 12.3. The van der Waals surface area contributed by atoms with E-state index in [1.807, 2.05) is 6.92 Å². The molecule has 2 atom stereocenters. The third kappa shape index (κ3) is 4.64. The number of benzene rings is 1. The number of hydrogen-bond acceptors (Lipinski definition) is 3. The summed E-state index contributed by atoms with van der Waals surface area (Å²) in [5.41, 5.74) is 1.37. The van der Waals surface area contributed by atoms with Gasteiger partial charge in [0.2, 0.25) is 0 Å². The predicted octanol–water partition coefficient (Wildman–Crippen LogP) is 2.94. The molecule has 1 fully saturated rings. The first-order valence-corrected chi connectivity index (χ1v) is 7.72. The lowest BCUT2D eigenvalue weighted by Crippen LogP contribution is -2.43. The zero-order chi connectivity index (χ0) is 14.2. The smallest absolute Gasteiger partial charge is 0.305 e. The van der Waals surface area contributed by atoms with E-state index in [2.05, 4.69) is 35.6 Å². The van der Waals surface area contributed by atoms with E-state index >= 15 is 0 Å². The van der Waals surface area contributed by atoms with Crippen LogP contribution in [0.25, 0.3) is 0 Å². The molecule has 1 N–H and O–H groups in total. The molecule has 0 amide bonds. The van der Waals surface area contributed by atoms with Gasteiger partial charge >= 0.3 is 5.97 Å². The highest BCUT2D eigenvalue weighted by atomic mass is 16.5. The van der Waals surface area contributed by atoms with Crippen LogP contribution in [0, 0.1) is 5.92 Å². The van der Waals surface area contributed by atoms with Gasteiger partial charge in [-0.15, -0.1) is 0 Å². The molecule has 1 heterocycles. The number of carbonyl (C=O) groups is 1. The van der Waals surface area contributed by atoms with E-state index in [9.17, 15) is 4.79 Å². The predicted molar refractivity (Wildman–Crippen MR) is 80.5 cm³/mol. The second kappa shape index (κ2) is 8.05. The van der Waals surface area contributed by atoms with Gasteiger partial charge < -0.3 is 10.1 Å². The second-order valence-electron chi connectivity index (χ2n) is 5.50. The average molecular weight is 275 g/mol. The molecule has 0 radical (unpaired) electrons. The molecular weight excluding hydrogens is 250 g/mol. The number of esters is 1. The fourth-order valence-electron chi connectivity index (χ4n) is 3.01. The molecule has 1 aromatic carbocycles. The maximum absolute atomic E-state index is 11.5. The van der Waals surface area contributed by atoms with Gasteiger partial charge in [-0.25, -0.2) is 0 Å². The van der Waals surface area contributed by atoms with Crippen molar-refractivity contribution in [2.45, 2.75) is 45.1 Å². The second-order valence-corrected chi connectivity index (χ2v) is 5.50. The summed E-state index contributed by atoms with van der Waals surface area (Å²) in [7, 11) is 0. The van der Waals surface area contributed by atoms with Gasteiger partial charge in [0.05, 0.1) is 6.61 Å². The maximum atomic E-state index is 11.5. The Balaban J connectivity index is 1.86. The van der Waals surface area contributed by atoms with E-state index in [0.29, 0.717) is 25.0 Å². The van der Waals surface area contributed by atoms with Gasteiger partial charge in [0.15, 0.2) is 0 Å². The first kappa shape index (κ1) is 15.0. The summed E-state index contributed by atoms with van der Waals surface area (Å²) >= 11 is 0. The minimum absolute atomic E-state index is 0.0588. The van der Waals surface area contributed by atoms with Gasteiger partial charge in [0.1, 0.15) is 0 Å². The Labute approximate surface area is 121 Å². The normalized spacial score (nSPS) is 22.4. The molecule has 0 aliphatic carbocycles. The van der Waals surface area contributed by atoms with Crippen LogP contribution in [0.1, 0.15) is 38.2 Å². The molecular formula is C17H25NO2. The lowest BCUT2D eigenvalue weighted by atomic mass is 9.84. The summed E-state index contributed by atoms with van der Waals surface area (Å²) in [6.07, 6.45) is 4.95. The van der Waals surface area contributed by atoms with Crippen LogP contribution in [-0.2, 0) is 16.0 Å². The minimum Gasteiger partial charge on any atom is -0.466 e. The van der Waals surface area contributed by atoms with E-state index in [4.69, 9.17) is 4.74 Å². The topological polar surface area (TPSA) is 38.3 Å². The quantitative estimate of drug-likeness (QED) is 0.811. The first-order chi connectivity index (χ1) is 9.79. The lowest BCUT2D eigenvalue weighted by Gasteiger charge is -2.32. The van der Waals surface area contributed by atoms with Crippen molar-refractivity contribution in [2.75, 3.05) is 13.2 Å². The van der Waals surface area contributed by atoms with Crippen LogP contribution in [0.2, 0.25) is 0 Å². The summed E-state index contributed by atoms with van der Waals surface area (Å²) in [4.78, 5) is 11.5. The van der Waals surface area contributed by atoms with Crippen molar-refractivity contribution in [3.8, 4) is 0 Å². The highest BCUT2D eigenvalue weighted by molar-refractivity contribution is 5.69. The molecule has 1 aliphatic heterocycles. The summed E-state index contributed by atoms with van der Waals surface area (Å²) in [6.45, 7) is 3.43. The monoisotopic (exact) mass is 275 g/mol. The van der Waals surface area contributed by atoms with Gasteiger partial charge in [0.25, 0.3) is 0 Å². The number of ether oxygens (including phenoxy) is 1. The van der Waals surface area contributed by atoms with E-state index in [-0.39, 0.29) is 5.97 Å². The van der Waals surface area contributed by atoms with Crippen LogP contribution in [0.4, 0.5) is 0 Å². The number of nitrogens with one attached hydrogen (secondary N) is 1. The summed E-state index contributed by atoms with van der Waals surface area (Å²) < 4.78 is 5.03. The van der Waals surface area contributed by atoms with Crippen molar-refractivity contribution < 1.29 is 9.53 Å². The van der Waals surface area contributed by atoms with Gasteiger partial charge in [-0.05, 0) is 50.6 Å². The van der Waals surface area contributed by atoms with Crippen molar-refractivity contribution in [1.29, 1.82) is 0 Å². The highest BCUT2D eigenvalue weighted by Gasteiger charge is 2.25. The average Bonchev–Trinajstić information content (AvgIpc) is 2.48. The van der Waals surface area contributed by atoms with Crippen molar-refractivity contribution in [2.24, 2.45) is 5.92 Å². The van der Waals surface area contributed by atoms with Crippen LogP contribution in [0.3, 0.4) is 0 Å². The molecule has 3 heteroatoms. The van der Waals surface area contributed by atoms with Crippen LogP contribution in [0.5, 0.6) is 0 Å². The number of rotatable bonds is 6. The molecule has 110 valence electrons. The van der Waals surface area contributed by atoms with Crippen molar-refractivity contribution in [1.82, 2.24) is 5.32 Å². The summed E-state index contributed by atoms with van der Waals surface area (Å²) in [5, 5.41) is 3.62. The Morgan fingerprint density at radius 1 is 1.35 bits per heavy atom. The SMILES string of the molecule is CCOC(=O)CCC1CCCNC1Cc1ccccc1. The van der Waals surface area contributed by atoms with Crippen LogP contribution >= 0.6 is 0 Å². The van der Waals surface area contributed by atoms with Crippen LogP contribution in [-0.4, -0.2) is 25.2 Å². The Hall–Kier alpha value is -1.35. The maximum Gasteiger partial charge on any atom is 0.305 e. The number of hydrogen-bond donors (Lipinski definition) is 1. The standard InChI is InChI=1S/C17H25NO2/c1-2-20-17(19)11-10-15-9-6-12-18-16(15)13-14-7-4-3-5-8-14/h3-5,7-8,15-16,18H,2,6,9-13H2,1H3. The molecule has 1 aromatic rings. The van der Waals surface area contributed by atoms with Crippen molar-refractivity contribution in [3.63, 3.8) is 0 Å². The first-order valence-electron chi connectivity index (χ1n) is 7.72. The van der Waals surface area contributed by atoms with Gasteiger partial charge in [0, 0.05) is 12.5 Å². The Bertz CT molecular complexity index is 405. The Kier molecular flexibility index (Phi) is 6.06.